The summed E-state index contributed by atoms with van der Waals surface area (Å²) in [5.74, 6) is 0.562. The van der Waals surface area contributed by atoms with Gasteiger partial charge in [0, 0.05) is 24.7 Å². The smallest absolute Gasteiger partial charge is 0.231 e. The first-order valence-corrected chi connectivity index (χ1v) is 8.85. The summed E-state index contributed by atoms with van der Waals surface area (Å²) < 4.78 is 11.2. The Morgan fingerprint density at radius 3 is 2.69 bits per heavy atom. The van der Waals surface area contributed by atoms with E-state index >= 15 is 0 Å². The van der Waals surface area contributed by atoms with Crippen LogP contribution in [0.4, 0.5) is 0 Å². The lowest BCUT2D eigenvalue weighted by molar-refractivity contribution is 0.0336. The Kier molecular flexibility index (Phi) is 4.68. The van der Waals surface area contributed by atoms with Crippen LogP contribution in [0.25, 0.3) is 6.08 Å². The predicted octanol–water partition coefficient (Wildman–Crippen LogP) is 3.49. The number of Topliss-reactive ketones (excluding diaryl/α,β-unsaturated/α-hetero) is 1. The average molecular weight is 372 g/mol. The highest BCUT2D eigenvalue weighted by molar-refractivity contribution is 6.32. The number of phenols is 1. The maximum absolute atomic E-state index is 12.7. The molecule has 6 heteroatoms. The molecule has 26 heavy (non-hydrogen) atoms. The van der Waals surface area contributed by atoms with Gasteiger partial charge in [-0.25, -0.2) is 0 Å². The van der Waals surface area contributed by atoms with Gasteiger partial charge in [0.05, 0.1) is 24.3 Å². The zero-order valence-corrected chi connectivity index (χ0v) is 14.8. The first-order valence-electron chi connectivity index (χ1n) is 8.47. The number of halogens is 1. The average Bonchev–Trinajstić information content (AvgIpc) is 2.96. The lowest BCUT2D eigenvalue weighted by atomic mass is 10.0. The van der Waals surface area contributed by atoms with E-state index in [0.29, 0.717) is 47.2 Å². The number of morpholine rings is 1. The minimum Gasteiger partial charge on any atom is -0.507 e. The topological polar surface area (TPSA) is 59.0 Å². The second-order valence-electron chi connectivity index (χ2n) is 6.29. The molecule has 2 aliphatic heterocycles. The van der Waals surface area contributed by atoms with Crippen LogP contribution in [0, 0.1) is 0 Å². The standard InChI is InChI=1S/C20H18ClNO4/c21-16-4-2-1-3-13(16)11-18-19(24)14-5-6-17(23)15(20(14)26-18)12-22-7-9-25-10-8-22/h1-6,11,23H,7-10,12H2/b18-11-. The van der Waals surface area contributed by atoms with Crippen molar-refractivity contribution in [3.05, 3.63) is 63.9 Å². The summed E-state index contributed by atoms with van der Waals surface area (Å²) in [4.78, 5) is 14.9. The third-order valence-corrected chi connectivity index (χ3v) is 4.94. The van der Waals surface area contributed by atoms with E-state index in [2.05, 4.69) is 4.90 Å². The lowest BCUT2D eigenvalue weighted by Crippen LogP contribution is -2.35. The largest absolute Gasteiger partial charge is 0.507 e. The zero-order valence-electron chi connectivity index (χ0n) is 14.1. The van der Waals surface area contributed by atoms with Crippen LogP contribution in [-0.4, -0.2) is 42.1 Å². The van der Waals surface area contributed by atoms with Gasteiger partial charge in [-0.2, -0.15) is 0 Å². The van der Waals surface area contributed by atoms with Crippen molar-refractivity contribution in [3.63, 3.8) is 0 Å². The van der Waals surface area contributed by atoms with E-state index in [4.69, 9.17) is 21.1 Å². The van der Waals surface area contributed by atoms with Gasteiger partial charge < -0.3 is 14.6 Å². The van der Waals surface area contributed by atoms with Gasteiger partial charge in [-0.3, -0.25) is 9.69 Å². The van der Waals surface area contributed by atoms with Gasteiger partial charge in [0.2, 0.25) is 5.78 Å². The highest BCUT2D eigenvalue weighted by atomic mass is 35.5. The highest BCUT2D eigenvalue weighted by Gasteiger charge is 2.32. The summed E-state index contributed by atoms with van der Waals surface area (Å²) in [6, 6.07) is 10.4. The van der Waals surface area contributed by atoms with Crippen molar-refractivity contribution < 1.29 is 19.4 Å². The van der Waals surface area contributed by atoms with Crippen LogP contribution >= 0.6 is 11.6 Å². The Hall–Kier alpha value is -2.34. The van der Waals surface area contributed by atoms with Crippen LogP contribution < -0.4 is 4.74 Å². The van der Waals surface area contributed by atoms with E-state index in [1.54, 1.807) is 24.3 Å². The molecule has 5 nitrogen and oxygen atoms in total. The number of fused-ring (bicyclic) bond motifs is 1. The molecule has 0 aliphatic carbocycles. The zero-order chi connectivity index (χ0) is 18.1. The van der Waals surface area contributed by atoms with Crippen LogP contribution in [0.1, 0.15) is 21.5 Å². The number of aromatic hydroxyl groups is 1. The molecule has 1 saturated heterocycles. The van der Waals surface area contributed by atoms with E-state index in [1.165, 1.54) is 0 Å². The van der Waals surface area contributed by atoms with Gasteiger partial charge in [-0.1, -0.05) is 29.8 Å². The number of phenolic OH excluding ortho intramolecular Hbond substituents is 1. The van der Waals surface area contributed by atoms with Crippen LogP contribution in [0.3, 0.4) is 0 Å². The minimum absolute atomic E-state index is 0.127. The summed E-state index contributed by atoms with van der Waals surface area (Å²) in [5.41, 5.74) is 1.80. The molecule has 4 rings (SSSR count). The molecule has 1 fully saturated rings. The van der Waals surface area contributed by atoms with Crippen molar-refractivity contribution in [2.75, 3.05) is 26.3 Å². The van der Waals surface area contributed by atoms with E-state index in [-0.39, 0.29) is 17.3 Å². The van der Waals surface area contributed by atoms with E-state index in [0.717, 1.165) is 13.1 Å². The Morgan fingerprint density at radius 1 is 1.15 bits per heavy atom. The fraction of sp³-hybridized carbons (Fsp3) is 0.250. The van der Waals surface area contributed by atoms with Crippen LogP contribution in [0.5, 0.6) is 11.5 Å². The number of benzene rings is 2. The SMILES string of the molecule is O=C1/C(=C/c2ccccc2Cl)Oc2c1ccc(O)c2CN1CCOCC1. The molecule has 0 saturated carbocycles. The fourth-order valence-electron chi connectivity index (χ4n) is 3.17. The van der Waals surface area contributed by atoms with Crippen molar-refractivity contribution >= 4 is 23.5 Å². The molecule has 0 atom stereocenters. The van der Waals surface area contributed by atoms with Gasteiger partial charge in [-0.05, 0) is 29.8 Å². The molecule has 2 aromatic rings. The molecule has 0 radical (unpaired) electrons. The van der Waals surface area contributed by atoms with Crippen LogP contribution in [0.15, 0.2) is 42.2 Å². The fourth-order valence-corrected chi connectivity index (χ4v) is 3.36. The molecule has 2 aliphatic rings. The third kappa shape index (κ3) is 3.21. The molecule has 0 aromatic heterocycles. The number of carbonyl (C=O) groups excluding carboxylic acids is 1. The molecule has 2 heterocycles. The van der Waals surface area contributed by atoms with E-state index in [1.807, 2.05) is 18.2 Å². The summed E-state index contributed by atoms with van der Waals surface area (Å²) in [6.07, 6.45) is 1.64. The minimum atomic E-state index is -0.205. The first kappa shape index (κ1) is 17.1. The van der Waals surface area contributed by atoms with Gasteiger partial charge in [0.25, 0.3) is 0 Å². The number of ether oxygens (including phenoxy) is 2. The van der Waals surface area contributed by atoms with Crippen LogP contribution in [0.2, 0.25) is 5.02 Å². The van der Waals surface area contributed by atoms with Crippen molar-refractivity contribution in [1.82, 2.24) is 4.90 Å². The second-order valence-corrected chi connectivity index (χ2v) is 6.70. The lowest BCUT2D eigenvalue weighted by Gasteiger charge is -2.27. The van der Waals surface area contributed by atoms with Gasteiger partial charge >= 0.3 is 0 Å². The Balaban J connectivity index is 1.67. The third-order valence-electron chi connectivity index (χ3n) is 4.59. The molecule has 134 valence electrons. The highest BCUT2D eigenvalue weighted by Crippen LogP contribution is 2.40. The Labute approximate surface area is 156 Å². The van der Waals surface area contributed by atoms with E-state index in [9.17, 15) is 9.90 Å². The van der Waals surface area contributed by atoms with Crippen molar-refractivity contribution in [3.8, 4) is 11.5 Å². The molecule has 2 aromatic carbocycles. The second kappa shape index (κ2) is 7.11. The van der Waals surface area contributed by atoms with Crippen molar-refractivity contribution in [2.24, 2.45) is 0 Å². The quantitative estimate of drug-likeness (QED) is 0.837. The number of allylic oxidation sites excluding steroid dienone is 1. The molecule has 1 N–H and O–H groups in total. The number of carbonyl (C=O) groups is 1. The Bertz CT molecular complexity index is 887. The number of hydrogen-bond donors (Lipinski definition) is 1. The predicted molar refractivity (Wildman–Crippen MR) is 98.6 cm³/mol. The molecule has 0 spiro atoms. The maximum Gasteiger partial charge on any atom is 0.231 e. The van der Waals surface area contributed by atoms with Crippen molar-refractivity contribution in [1.29, 1.82) is 0 Å². The molecular weight excluding hydrogens is 354 g/mol. The van der Waals surface area contributed by atoms with E-state index < -0.39 is 0 Å². The molecule has 0 amide bonds. The monoisotopic (exact) mass is 371 g/mol. The number of nitrogens with zero attached hydrogens (tertiary/aromatic N) is 1. The summed E-state index contributed by atoms with van der Waals surface area (Å²) >= 11 is 6.18. The van der Waals surface area contributed by atoms with Gasteiger partial charge in [0.1, 0.15) is 11.5 Å². The summed E-state index contributed by atoms with van der Waals surface area (Å²) in [6.45, 7) is 3.38. The van der Waals surface area contributed by atoms with Crippen LogP contribution in [-0.2, 0) is 11.3 Å². The molecule has 0 unspecified atom stereocenters. The number of rotatable bonds is 3. The number of hydrogen-bond acceptors (Lipinski definition) is 5. The van der Waals surface area contributed by atoms with Gasteiger partial charge in [0.15, 0.2) is 5.76 Å². The van der Waals surface area contributed by atoms with Gasteiger partial charge in [-0.15, -0.1) is 0 Å². The molecule has 0 bridgehead atoms. The summed E-state index contributed by atoms with van der Waals surface area (Å²) in [5, 5.41) is 10.9. The molecular formula is C20H18ClNO4. The summed E-state index contributed by atoms with van der Waals surface area (Å²) in [7, 11) is 0. The Morgan fingerprint density at radius 2 is 1.92 bits per heavy atom. The number of ketones is 1. The maximum atomic E-state index is 12.7. The first-order chi connectivity index (χ1) is 12.6. The van der Waals surface area contributed by atoms with Crippen molar-refractivity contribution in [2.45, 2.75) is 6.54 Å². The normalized spacial score (nSPS) is 18.8.